The van der Waals surface area contributed by atoms with Crippen LogP contribution in [0.2, 0.25) is 0 Å². The standard InChI is InChI=1S/C9H20N4.HI/c10-9(11)12-5-4-8-13-6-2-1-3-7-13;/h1-8H2,(H4,10,11,12);1H. The lowest BCUT2D eigenvalue weighted by Gasteiger charge is -2.25. The largest absolute Gasteiger partial charge is 0.370 e. The van der Waals surface area contributed by atoms with Crippen LogP contribution in [-0.2, 0) is 0 Å². The van der Waals surface area contributed by atoms with Gasteiger partial charge in [-0.05, 0) is 38.9 Å². The number of aliphatic imine (C=N–C) groups is 1. The average molecular weight is 312 g/mol. The van der Waals surface area contributed by atoms with E-state index in [0.717, 1.165) is 19.5 Å². The van der Waals surface area contributed by atoms with Crippen molar-refractivity contribution in [3.05, 3.63) is 0 Å². The van der Waals surface area contributed by atoms with E-state index in [-0.39, 0.29) is 29.9 Å². The maximum atomic E-state index is 5.23. The summed E-state index contributed by atoms with van der Waals surface area (Å²) in [7, 11) is 0. The summed E-state index contributed by atoms with van der Waals surface area (Å²) in [5.74, 6) is 0.207. The van der Waals surface area contributed by atoms with E-state index in [1.165, 1.54) is 32.4 Å². The van der Waals surface area contributed by atoms with E-state index in [9.17, 15) is 0 Å². The number of nitrogens with zero attached hydrogens (tertiary/aromatic N) is 2. The third-order valence-electron chi connectivity index (χ3n) is 2.38. The number of nitrogens with two attached hydrogens (primary N) is 2. The van der Waals surface area contributed by atoms with Crippen LogP contribution in [0.25, 0.3) is 0 Å². The third-order valence-corrected chi connectivity index (χ3v) is 2.38. The second-order valence-corrected chi connectivity index (χ2v) is 3.56. The Kier molecular flexibility index (Phi) is 8.26. The third kappa shape index (κ3) is 6.42. The van der Waals surface area contributed by atoms with Crippen LogP contribution in [0, 0.1) is 0 Å². The maximum Gasteiger partial charge on any atom is 0.185 e. The first-order chi connectivity index (χ1) is 6.29. The minimum absolute atomic E-state index is 0. The van der Waals surface area contributed by atoms with E-state index in [1.807, 2.05) is 0 Å². The molecule has 84 valence electrons. The highest BCUT2D eigenvalue weighted by molar-refractivity contribution is 14.0. The Labute approximate surface area is 103 Å². The number of hydrogen-bond donors (Lipinski definition) is 2. The van der Waals surface area contributed by atoms with Gasteiger partial charge in [-0.15, -0.1) is 24.0 Å². The SMILES string of the molecule is I.NC(N)=NCCCN1CCCCC1. The van der Waals surface area contributed by atoms with Crippen molar-refractivity contribution < 1.29 is 0 Å². The van der Waals surface area contributed by atoms with Gasteiger partial charge in [0.05, 0.1) is 0 Å². The fourth-order valence-corrected chi connectivity index (χ4v) is 1.69. The molecule has 14 heavy (non-hydrogen) atoms. The molecular weight excluding hydrogens is 291 g/mol. The van der Waals surface area contributed by atoms with E-state index in [2.05, 4.69) is 9.89 Å². The smallest absolute Gasteiger partial charge is 0.185 e. The van der Waals surface area contributed by atoms with Gasteiger partial charge in [0.25, 0.3) is 0 Å². The lowest BCUT2D eigenvalue weighted by Crippen LogP contribution is -2.31. The number of halogens is 1. The number of guanidine groups is 1. The molecule has 0 aromatic carbocycles. The van der Waals surface area contributed by atoms with E-state index >= 15 is 0 Å². The predicted molar refractivity (Wildman–Crippen MR) is 71.0 cm³/mol. The molecule has 0 spiro atoms. The summed E-state index contributed by atoms with van der Waals surface area (Å²) < 4.78 is 0. The number of likely N-dealkylation sites (tertiary alicyclic amines) is 1. The zero-order valence-corrected chi connectivity index (χ0v) is 10.9. The highest BCUT2D eigenvalue weighted by atomic mass is 127. The van der Waals surface area contributed by atoms with Crippen molar-refractivity contribution in [1.82, 2.24) is 4.90 Å². The van der Waals surface area contributed by atoms with Gasteiger partial charge in [0.15, 0.2) is 5.96 Å². The Bertz CT molecular complexity index is 162. The summed E-state index contributed by atoms with van der Waals surface area (Å²) in [5.41, 5.74) is 10.5. The van der Waals surface area contributed by atoms with Crippen molar-refractivity contribution in [2.45, 2.75) is 25.7 Å². The molecule has 0 unspecified atom stereocenters. The van der Waals surface area contributed by atoms with Crippen molar-refractivity contribution in [2.24, 2.45) is 16.5 Å². The Morgan fingerprint density at radius 1 is 1.14 bits per heavy atom. The first-order valence-corrected chi connectivity index (χ1v) is 5.07. The fourth-order valence-electron chi connectivity index (χ4n) is 1.69. The summed E-state index contributed by atoms with van der Waals surface area (Å²) in [6, 6.07) is 0. The van der Waals surface area contributed by atoms with E-state index in [1.54, 1.807) is 0 Å². The topological polar surface area (TPSA) is 67.6 Å². The summed E-state index contributed by atoms with van der Waals surface area (Å²) in [4.78, 5) is 6.45. The fraction of sp³-hybridized carbons (Fsp3) is 0.889. The zero-order chi connectivity index (χ0) is 9.52. The summed E-state index contributed by atoms with van der Waals surface area (Å²) in [6.07, 6.45) is 5.16. The molecule has 0 aromatic rings. The maximum absolute atomic E-state index is 5.23. The molecule has 0 radical (unpaired) electrons. The Morgan fingerprint density at radius 3 is 2.36 bits per heavy atom. The molecule has 0 aromatic heterocycles. The van der Waals surface area contributed by atoms with Crippen molar-refractivity contribution in [2.75, 3.05) is 26.2 Å². The molecule has 1 aliphatic heterocycles. The van der Waals surface area contributed by atoms with Crippen molar-refractivity contribution in [3.8, 4) is 0 Å². The minimum atomic E-state index is 0. The lowest BCUT2D eigenvalue weighted by molar-refractivity contribution is 0.228. The average Bonchev–Trinajstić information content (AvgIpc) is 2.14. The first-order valence-electron chi connectivity index (χ1n) is 5.07. The van der Waals surface area contributed by atoms with E-state index in [0.29, 0.717) is 0 Å². The van der Waals surface area contributed by atoms with Crippen LogP contribution in [-0.4, -0.2) is 37.0 Å². The normalized spacial score (nSPS) is 17.1. The van der Waals surface area contributed by atoms with Crippen LogP contribution in [0.5, 0.6) is 0 Å². The van der Waals surface area contributed by atoms with E-state index in [4.69, 9.17) is 11.5 Å². The van der Waals surface area contributed by atoms with Crippen LogP contribution in [0.15, 0.2) is 4.99 Å². The van der Waals surface area contributed by atoms with Crippen molar-refractivity contribution in [3.63, 3.8) is 0 Å². The predicted octanol–water partition coefficient (Wildman–Crippen LogP) is 0.754. The van der Waals surface area contributed by atoms with Gasteiger partial charge in [-0.25, -0.2) is 0 Å². The molecule has 1 fully saturated rings. The van der Waals surface area contributed by atoms with Crippen LogP contribution >= 0.6 is 24.0 Å². The molecular formula is C9H21IN4. The summed E-state index contributed by atoms with van der Waals surface area (Å²) >= 11 is 0. The Morgan fingerprint density at radius 2 is 1.79 bits per heavy atom. The molecule has 0 saturated carbocycles. The first kappa shape index (κ1) is 14.0. The Balaban J connectivity index is 0.00000169. The molecule has 5 heteroatoms. The molecule has 4 N–H and O–H groups in total. The summed E-state index contributed by atoms with van der Waals surface area (Å²) in [6.45, 7) is 4.40. The molecule has 0 bridgehead atoms. The Hall–Kier alpha value is -0.0400. The second-order valence-electron chi connectivity index (χ2n) is 3.56. The van der Waals surface area contributed by atoms with Crippen LogP contribution < -0.4 is 11.5 Å². The van der Waals surface area contributed by atoms with Gasteiger partial charge < -0.3 is 16.4 Å². The van der Waals surface area contributed by atoms with Crippen LogP contribution in [0.1, 0.15) is 25.7 Å². The molecule has 0 amide bonds. The lowest BCUT2D eigenvalue weighted by atomic mass is 10.1. The van der Waals surface area contributed by atoms with Gasteiger partial charge in [0.2, 0.25) is 0 Å². The number of rotatable bonds is 4. The summed E-state index contributed by atoms with van der Waals surface area (Å²) in [5, 5.41) is 0. The van der Waals surface area contributed by atoms with Crippen LogP contribution in [0.3, 0.4) is 0 Å². The highest BCUT2D eigenvalue weighted by Crippen LogP contribution is 2.08. The molecule has 4 nitrogen and oxygen atoms in total. The zero-order valence-electron chi connectivity index (χ0n) is 8.61. The number of hydrogen-bond acceptors (Lipinski definition) is 2. The minimum Gasteiger partial charge on any atom is -0.370 e. The van der Waals surface area contributed by atoms with Gasteiger partial charge in [0.1, 0.15) is 0 Å². The van der Waals surface area contributed by atoms with Crippen molar-refractivity contribution in [1.29, 1.82) is 0 Å². The number of piperidine rings is 1. The molecule has 1 heterocycles. The van der Waals surface area contributed by atoms with Gasteiger partial charge in [-0.1, -0.05) is 6.42 Å². The monoisotopic (exact) mass is 312 g/mol. The van der Waals surface area contributed by atoms with Gasteiger partial charge in [-0.2, -0.15) is 0 Å². The van der Waals surface area contributed by atoms with Gasteiger partial charge >= 0.3 is 0 Å². The highest BCUT2D eigenvalue weighted by Gasteiger charge is 2.08. The quantitative estimate of drug-likeness (QED) is 0.348. The van der Waals surface area contributed by atoms with E-state index < -0.39 is 0 Å². The molecule has 0 atom stereocenters. The van der Waals surface area contributed by atoms with Crippen LogP contribution in [0.4, 0.5) is 0 Å². The second kappa shape index (κ2) is 8.28. The molecule has 0 aliphatic carbocycles. The van der Waals surface area contributed by atoms with Gasteiger partial charge in [-0.3, -0.25) is 4.99 Å². The molecule has 1 saturated heterocycles. The van der Waals surface area contributed by atoms with Crippen molar-refractivity contribution >= 4 is 29.9 Å². The molecule has 1 aliphatic rings. The van der Waals surface area contributed by atoms with Gasteiger partial charge in [0, 0.05) is 6.54 Å². The molecule has 1 rings (SSSR count).